The maximum Gasteiger partial charge on any atom is 0.238 e. The van der Waals surface area contributed by atoms with Crippen LogP contribution in [0, 0.1) is 31.6 Å². The molecule has 4 rings (SSSR count). The third kappa shape index (κ3) is 3.05. The Balaban J connectivity index is 1.55. The summed E-state index contributed by atoms with van der Waals surface area (Å²) in [5.74, 6) is 0.878. The lowest BCUT2D eigenvalue weighted by atomic mass is 9.78. The van der Waals surface area contributed by atoms with Crippen LogP contribution >= 0.6 is 0 Å². The van der Waals surface area contributed by atoms with Crippen LogP contribution in [0.5, 0.6) is 11.5 Å². The second-order valence-corrected chi connectivity index (χ2v) is 7.51. The van der Waals surface area contributed by atoms with Gasteiger partial charge < -0.3 is 4.74 Å². The van der Waals surface area contributed by atoms with E-state index in [0.717, 1.165) is 5.75 Å². The molecule has 4 heteroatoms. The molecule has 27 heavy (non-hydrogen) atoms. The molecule has 0 aromatic heterocycles. The van der Waals surface area contributed by atoms with Crippen molar-refractivity contribution < 1.29 is 14.3 Å². The molecule has 2 aliphatic rings. The fourth-order valence-corrected chi connectivity index (χ4v) is 3.98. The number of nitrogens with zero attached hydrogens (tertiary/aromatic N) is 1. The average molecular weight is 361 g/mol. The van der Waals surface area contributed by atoms with Crippen LogP contribution in [0.4, 0.5) is 5.69 Å². The molecule has 4 nitrogen and oxygen atoms in total. The van der Waals surface area contributed by atoms with Crippen LogP contribution in [0.1, 0.15) is 24.5 Å². The minimum atomic E-state index is -0.242. The molecule has 0 N–H and O–H groups in total. The summed E-state index contributed by atoms with van der Waals surface area (Å²) in [5.41, 5.74) is 3.00. The van der Waals surface area contributed by atoms with Gasteiger partial charge in [-0.05, 0) is 73.7 Å². The largest absolute Gasteiger partial charge is 0.457 e. The van der Waals surface area contributed by atoms with Gasteiger partial charge in [0.15, 0.2) is 0 Å². The molecule has 3 atom stereocenters. The van der Waals surface area contributed by atoms with Gasteiger partial charge in [0, 0.05) is 0 Å². The molecule has 1 aliphatic heterocycles. The van der Waals surface area contributed by atoms with E-state index in [1.807, 2.05) is 44.2 Å². The van der Waals surface area contributed by atoms with Crippen molar-refractivity contribution in [3.63, 3.8) is 0 Å². The Morgan fingerprint density at radius 1 is 0.926 bits per heavy atom. The highest BCUT2D eigenvalue weighted by atomic mass is 16.5. The van der Waals surface area contributed by atoms with Gasteiger partial charge in [0.1, 0.15) is 11.5 Å². The Morgan fingerprint density at radius 3 is 2.30 bits per heavy atom. The van der Waals surface area contributed by atoms with Crippen LogP contribution in [-0.2, 0) is 9.59 Å². The number of ether oxygens (including phenoxy) is 1. The molecule has 2 aromatic rings. The Labute approximate surface area is 159 Å². The maximum atomic E-state index is 12.8. The van der Waals surface area contributed by atoms with Crippen LogP contribution in [0.2, 0.25) is 0 Å². The molecule has 0 bridgehead atoms. The van der Waals surface area contributed by atoms with Gasteiger partial charge in [0.25, 0.3) is 0 Å². The summed E-state index contributed by atoms with van der Waals surface area (Å²) in [7, 11) is 0. The number of benzene rings is 2. The zero-order valence-corrected chi connectivity index (χ0v) is 15.8. The lowest BCUT2D eigenvalue weighted by Crippen LogP contribution is -2.31. The van der Waals surface area contributed by atoms with Crippen LogP contribution in [0.3, 0.4) is 0 Å². The van der Waals surface area contributed by atoms with Crippen LogP contribution in [0.25, 0.3) is 0 Å². The Morgan fingerprint density at radius 2 is 1.63 bits per heavy atom. The van der Waals surface area contributed by atoms with Crippen LogP contribution < -0.4 is 9.64 Å². The first-order chi connectivity index (χ1) is 13.0. The molecular formula is C23H23NO3. The number of fused-ring (bicyclic) bond motifs is 1. The number of anilines is 1. The van der Waals surface area contributed by atoms with E-state index < -0.39 is 0 Å². The number of rotatable bonds is 3. The number of carbonyl (C=O) groups is 2. The van der Waals surface area contributed by atoms with Gasteiger partial charge in [-0.2, -0.15) is 0 Å². The van der Waals surface area contributed by atoms with Gasteiger partial charge in [0.05, 0.1) is 17.5 Å². The van der Waals surface area contributed by atoms with E-state index in [0.29, 0.717) is 17.9 Å². The van der Waals surface area contributed by atoms with E-state index >= 15 is 0 Å². The summed E-state index contributed by atoms with van der Waals surface area (Å²) in [6.45, 7) is 6.11. The van der Waals surface area contributed by atoms with Gasteiger partial charge >= 0.3 is 0 Å². The number of hydrogen-bond acceptors (Lipinski definition) is 3. The van der Waals surface area contributed by atoms with Crippen LogP contribution in [-0.4, -0.2) is 11.8 Å². The quantitative estimate of drug-likeness (QED) is 0.583. The van der Waals surface area contributed by atoms with Crippen molar-refractivity contribution in [2.24, 2.45) is 17.8 Å². The number of allylic oxidation sites excluding steroid dienone is 2. The summed E-state index contributed by atoms with van der Waals surface area (Å²) in [4.78, 5) is 27.0. The second kappa shape index (κ2) is 6.69. The van der Waals surface area contributed by atoms with E-state index in [1.54, 1.807) is 24.3 Å². The first-order valence-corrected chi connectivity index (χ1v) is 9.35. The highest BCUT2D eigenvalue weighted by Crippen LogP contribution is 2.40. The van der Waals surface area contributed by atoms with Crippen molar-refractivity contribution in [2.45, 2.75) is 27.2 Å². The number of carbonyl (C=O) groups excluding carboxylic acids is 2. The average Bonchev–Trinajstić information content (AvgIpc) is 2.91. The van der Waals surface area contributed by atoms with Crippen molar-refractivity contribution in [1.29, 1.82) is 0 Å². The predicted octanol–water partition coefficient (Wildman–Crippen LogP) is 4.80. The van der Waals surface area contributed by atoms with E-state index in [1.165, 1.54) is 16.0 Å². The molecular weight excluding hydrogens is 338 g/mol. The SMILES string of the molecule is Cc1ccc(Oc2ccc(N3C(=O)[C@@H]4[C@H](CC=C[C@@H]4C)C3=O)cc2)cc1C. The van der Waals surface area contributed by atoms with Crippen molar-refractivity contribution in [2.75, 3.05) is 4.90 Å². The molecule has 1 fully saturated rings. The van der Waals surface area contributed by atoms with Crippen molar-refractivity contribution >= 4 is 17.5 Å². The lowest BCUT2D eigenvalue weighted by molar-refractivity contribution is -0.122. The topological polar surface area (TPSA) is 46.6 Å². The number of aryl methyl sites for hydroxylation is 2. The maximum absolute atomic E-state index is 12.8. The standard InChI is InChI=1S/C23H23NO3/c1-14-7-10-19(13-16(14)3)27-18-11-8-17(9-12-18)24-22(25)20-6-4-5-15(2)21(20)23(24)26/h4-5,7-13,15,20-21H,6H2,1-3H3/t15-,20-,21-/m0/s1. The molecule has 1 heterocycles. The summed E-state index contributed by atoms with van der Waals surface area (Å²) >= 11 is 0. The third-order valence-corrected chi connectivity index (χ3v) is 5.68. The molecule has 0 spiro atoms. The Kier molecular flexibility index (Phi) is 4.34. The normalized spacial score (nSPS) is 24.3. The molecule has 2 amide bonds. The van der Waals surface area contributed by atoms with Gasteiger partial charge in [-0.3, -0.25) is 14.5 Å². The van der Waals surface area contributed by atoms with E-state index in [9.17, 15) is 9.59 Å². The smallest absolute Gasteiger partial charge is 0.238 e. The molecule has 2 aromatic carbocycles. The molecule has 0 saturated carbocycles. The molecule has 0 unspecified atom stereocenters. The highest BCUT2D eigenvalue weighted by molar-refractivity contribution is 6.22. The number of imide groups is 1. The van der Waals surface area contributed by atoms with Crippen molar-refractivity contribution in [3.8, 4) is 11.5 Å². The van der Waals surface area contributed by atoms with E-state index in [-0.39, 0.29) is 29.6 Å². The van der Waals surface area contributed by atoms with Gasteiger partial charge in [0.2, 0.25) is 11.8 Å². The van der Waals surface area contributed by atoms with Crippen LogP contribution in [0.15, 0.2) is 54.6 Å². The molecule has 1 aliphatic carbocycles. The third-order valence-electron chi connectivity index (χ3n) is 5.68. The molecule has 1 saturated heterocycles. The minimum absolute atomic E-state index is 0.0929. The fourth-order valence-electron chi connectivity index (χ4n) is 3.98. The van der Waals surface area contributed by atoms with E-state index in [2.05, 4.69) is 6.92 Å². The monoisotopic (exact) mass is 361 g/mol. The second-order valence-electron chi connectivity index (χ2n) is 7.51. The van der Waals surface area contributed by atoms with Gasteiger partial charge in [-0.1, -0.05) is 25.1 Å². The summed E-state index contributed by atoms with van der Waals surface area (Å²) in [5, 5.41) is 0. The Bertz CT molecular complexity index is 929. The lowest BCUT2D eigenvalue weighted by Gasteiger charge is -2.22. The summed E-state index contributed by atoms with van der Waals surface area (Å²) in [6.07, 6.45) is 4.70. The predicted molar refractivity (Wildman–Crippen MR) is 105 cm³/mol. The van der Waals surface area contributed by atoms with E-state index in [4.69, 9.17) is 4.74 Å². The zero-order valence-electron chi connectivity index (χ0n) is 15.8. The number of amides is 2. The van der Waals surface area contributed by atoms with Gasteiger partial charge in [-0.15, -0.1) is 0 Å². The zero-order chi connectivity index (χ0) is 19.1. The summed E-state index contributed by atoms with van der Waals surface area (Å²) < 4.78 is 5.90. The van der Waals surface area contributed by atoms with Crippen molar-refractivity contribution in [1.82, 2.24) is 0 Å². The fraction of sp³-hybridized carbons (Fsp3) is 0.304. The first-order valence-electron chi connectivity index (χ1n) is 9.35. The molecule has 0 radical (unpaired) electrons. The Hall–Kier alpha value is -2.88. The number of hydrogen-bond donors (Lipinski definition) is 0. The highest BCUT2D eigenvalue weighted by Gasteiger charge is 2.50. The van der Waals surface area contributed by atoms with Crippen molar-refractivity contribution in [3.05, 3.63) is 65.7 Å². The summed E-state index contributed by atoms with van der Waals surface area (Å²) in [6, 6.07) is 13.1. The minimum Gasteiger partial charge on any atom is -0.457 e. The molecule has 138 valence electrons. The first kappa shape index (κ1) is 17.5. The van der Waals surface area contributed by atoms with Gasteiger partial charge in [-0.25, -0.2) is 0 Å².